The summed E-state index contributed by atoms with van der Waals surface area (Å²) in [5.41, 5.74) is 4.97. The average Bonchev–Trinajstić information content (AvgIpc) is 3.28. The van der Waals surface area contributed by atoms with Gasteiger partial charge in [-0.05, 0) is 69.4 Å². The lowest BCUT2D eigenvalue weighted by molar-refractivity contribution is 0.102. The SMILES string of the molecule is Cc1ccc(-n2nc(C(=O)Nc3cccc(S(=O)(=O)NC4CC4)c3)c3c2CCC3)cc1. The first-order valence-electron chi connectivity index (χ1n) is 10.5. The van der Waals surface area contributed by atoms with Gasteiger partial charge >= 0.3 is 0 Å². The second-order valence-corrected chi connectivity index (χ2v) is 9.97. The number of hydrogen-bond donors (Lipinski definition) is 2. The Kier molecular flexibility index (Phi) is 4.91. The van der Waals surface area contributed by atoms with E-state index in [1.807, 2.05) is 35.9 Å². The molecule has 2 aromatic carbocycles. The second-order valence-electron chi connectivity index (χ2n) is 8.25. The van der Waals surface area contributed by atoms with Gasteiger partial charge in [-0.25, -0.2) is 17.8 Å². The highest BCUT2D eigenvalue weighted by atomic mass is 32.2. The number of nitrogens with one attached hydrogen (secondary N) is 2. The molecule has 31 heavy (non-hydrogen) atoms. The van der Waals surface area contributed by atoms with Gasteiger partial charge in [0.1, 0.15) is 0 Å². The molecule has 0 saturated heterocycles. The lowest BCUT2D eigenvalue weighted by Gasteiger charge is -2.09. The zero-order valence-corrected chi connectivity index (χ0v) is 18.1. The van der Waals surface area contributed by atoms with E-state index in [1.165, 1.54) is 12.1 Å². The molecule has 5 rings (SSSR count). The van der Waals surface area contributed by atoms with Crippen molar-refractivity contribution >= 4 is 21.6 Å². The van der Waals surface area contributed by atoms with Crippen LogP contribution in [0, 0.1) is 6.92 Å². The van der Waals surface area contributed by atoms with Crippen molar-refractivity contribution in [2.75, 3.05) is 5.32 Å². The molecule has 7 nitrogen and oxygen atoms in total. The lowest BCUT2D eigenvalue weighted by Crippen LogP contribution is -2.25. The summed E-state index contributed by atoms with van der Waals surface area (Å²) in [4.78, 5) is 13.2. The van der Waals surface area contributed by atoms with Crippen molar-refractivity contribution < 1.29 is 13.2 Å². The number of sulfonamides is 1. The zero-order chi connectivity index (χ0) is 21.6. The van der Waals surface area contributed by atoms with E-state index < -0.39 is 10.0 Å². The van der Waals surface area contributed by atoms with E-state index in [9.17, 15) is 13.2 Å². The highest BCUT2D eigenvalue weighted by molar-refractivity contribution is 7.89. The molecule has 0 aliphatic heterocycles. The van der Waals surface area contributed by atoms with Crippen LogP contribution in [0.15, 0.2) is 53.4 Å². The number of aryl methyl sites for hydroxylation is 1. The van der Waals surface area contributed by atoms with Crippen molar-refractivity contribution in [3.8, 4) is 5.69 Å². The van der Waals surface area contributed by atoms with E-state index >= 15 is 0 Å². The number of hydrogen-bond acceptors (Lipinski definition) is 4. The predicted octanol–water partition coefficient (Wildman–Crippen LogP) is 3.36. The minimum atomic E-state index is -3.59. The summed E-state index contributed by atoms with van der Waals surface area (Å²) in [5, 5.41) is 7.46. The molecule has 160 valence electrons. The van der Waals surface area contributed by atoms with Crippen LogP contribution in [-0.2, 0) is 22.9 Å². The van der Waals surface area contributed by atoms with Gasteiger partial charge in [0.2, 0.25) is 10.0 Å². The van der Waals surface area contributed by atoms with Crippen LogP contribution in [0.2, 0.25) is 0 Å². The summed E-state index contributed by atoms with van der Waals surface area (Å²) in [6.45, 7) is 2.03. The molecule has 8 heteroatoms. The fraction of sp³-hybridized carbons (Fsp3) is 0.304. The van der Waals surface area contributed by atoms with Gasteiger partial charge in [-0.1, -0.05) is 23.8 Å². The average molecular weight is 437 g/mol. The van der Waals surface area contributed by atoms with E-state index in [4.69, 9.17) is 0 Å². The molecule has 0 bridgehead atoms. The molecule has 0 unspecified atom stereocenters. The number of nitrogens with zero attached hydrogens (tertiary/aromatic N) is 2. The fourth-order valence-electron chi connectivity index (χ4n) is 3.94. The molecular weight excluding hydrogens is 412 g/mol. The van der Waals surface area contributed by atoms with Crippen LogP contribution in [0.25, 0.3) is 5.69 Å². The Morgan fingerprint density at radius 3 is 2.61 bits per heavy atom. The Labute approximate surface area is 181 Å². The lowest BCUT2D eigenvalue weighted by atomic mass is 10.2. The number of benzene rings is 2. The molecule has 3 aromatic rings. The third-order valence-electron chi connectivity index (χ3n) is 5.73. The number of fused-ring (bicyclic) bond motifs is 1. The highest BCUT2D eigenvalue weighted by Gasteiger charge is 2.29. The molecule has 0 atom stereocenters. The normalized spacial score (nSPS) is 15.6. The molecule has 2 aliphatic rings. The molecule has 0 radical (unpaired) electrons. The van der Waals surface area contributed by atoms with Crippen LogP contribution in [0.5, 0.6) is 0 Å². The van der Waals surface area contributed by atoms with Crippen molar-refractivity contribution in [3.05, 3.63) is 71.0 Å². The van der Waals surface area contributed by atoms with E-state index in [0.717, 1.165) is 54.6 Å². The summed E-state index contributed by atoms with van der Waals surface area (Å²) in [7, 11) is -3.59. The van der Waals surface area contributed by atoms with Gasteiger partial charge in [0.25, 0.3) is 5.91 Å². The van der Waals surface area contributed by atoms with Crippen molar-refractivity contribution in [1.29, 1.82) is 0 Å². The summed E-state index contributed by atoms with van der Waals surface area (Å²) in [6, 6.07) is 14.4. The van der Waals surface area contributed by atoms with Crippen LogP contribution in [-0.4, -0.2) is 30.1 Å². The zero-order valence-electron chi connectivity index (χ0n) is 17.3. The minimum Gasteiger partial charge on any atom is -0.321 e. The smallest absolute Gasteiger partial charge is 0.276 e. The highest BCUT2D eigenvalue weighted by Crippen LogP contribution is 2.29. The topological polar surface area (TPSA) is 93.1 Å². The second kappa shape index (κ2) is 7.62. The molecule has 1 fully saturated rings. The summed E-state index contributed by atoms with van der Waals surface area (Å²) in [6.07, 6.45) is 4.41. The van der Waals surface area contributed by atoms with Crippen LogP contribution < -0.4 is 10.0 Å². The van der Waals surface area contributed by atoms with Crippen molar-refractivity contribution in [2.45, 2.75) is 50.0 Å². The number of amides is 1. The predicted molar refractivity (Wildman–Crippen MR) is 118 cm³/mol. The number of carbonyl (C=O) groups excluding carboxylic acids is 1. The number of carbonyl (C=O) groups is 1. The first-order chi connectivity index (χ1) is 14.9. The first-order valence-corrected chi connectivity index (χ1v) is 12.0. The van der Waals surface area contributed by atoms with E-state index in [-0.39, 0.29) is 16.8 Å². The Hall–Kier alpha value is -2.97. The van der Waals surface area contributed by atoms with Crippen LogP contribution >= 0.6 is 0 Å². The van der Waals surface area contributed by atoms with Gasteiger partial charge in [0, 0.05) is 23.0 Å². The Morgan fingerprint density at radius 2 is 1.87 bits per heavy atom. The van der Waals surface area contributed by atoms with Crippen molar-refractivity contribution in [3.63, 3.8) is 0 Å². The van der Waals surface area contributed by atoms with Crippen LogP contribution in [0.3, 0.4) is 0 Å². The molecule has 1 heterocycles. The van der Waals surface area contributed by atoms with Crippen LogP contribution in [0.1, 0.15) is 46.6 Å². The van der Waals surface area contributed by atoms with E-state index in [1.54, 1.807) is 12.1 Å². The number of rotatable bonds is 6. The van der Waals surface area contributed by atoms with E-state index in [2.05, 4.69) is 15.1 Å². The molecule has 1 amide bonds. The minimum absolute atomic E-state index is 0.0246. The quantitative estimate of drug-likeness (QED) is 0.620. The molecule has 0 spiro atoms. The molecular formula is C23H24N4O3S. The molecule has 1 aromatic heterocycles. The third-order valence-corrected chi connectivity index (χ3v) is 7.24. The maximum absolute atomic E-state index is 13.1. The van der Waals surface area contributed by atoms with Crippen LogP contribution in [0.4, 0.5) is 5.69 Å². The van der Waals surface area contributed by atoms with Gasteiger partial charge in [0.05, 0.1) is 10.6 Å². The maximum Gasteiger partial charge on any atom is 0.276 e. The first kappa shape index (κ1) is 20.0. The molecule has 1 saturated carbocycles. The molecule has 2 aliphatic carbocycles. The van der Waals surface area contributed by atoms with Gasteiger partial charge in [-0.15, -0.1) is 0 Å². The Morgan fingerprint density at radius 1 is 1.10 bits per heavy atom. The standard InChI is InChI=1S/C23H24N4O3S/c1-15-8-12-18(13-9-15)27-21-7-3-6-20(21)22(25-27)23(28)24-17-4-2-5-19(14-17)31(29,30)26-16-10-11-16/h2,4-5,8-9,12-14,16,26H,3,6-7,10-11H2,1H3,(H,24,28). The summed E-state index contributed by atoms with van der Waals surface area (Å²) < 4.78 is 29.5. The largest absolute Gasteiger partial charge is 0.321 e. The van der Waals surface area contributed by atoms with Gasteiger partial charge in [-0.3, -0.25) is 4.79 Å². The van der Waals surface area contributed by atoms with Gasteiger partial charge in [-0.2, -0.15) is 5.10 Å². The number of anilines is 1. The van der Waals surface area contributed by atoms with Crippen molar-refractivity contribution in [2.24, 2.45) is 0 Å². The Bertz CT molecular complexity index is 1260. The molecule has 2 N–H and O–H groups in total. The summed E-state index contributed by atoms with van der Waals surface area (Å²) in [5.74, 6) is -0.325. The maximum atomic E-state index is 13.1. The monoisotopic (exact) mass is 436 g/mol. The van der Waals surface area contributed by atoms with Crippen molar-refractivity contribution in [1.82, 2.24) is 14.5 Å². The number of aromatic nitrogens is 2. The fourth-order valence-corrected chi connectivity index (χ4v) is 5.29. The third kappa shape index (κ3) is 4.00. The van der Waals surface area contributed by atoms with Gasteiger partial charge < -0.3 is 5.32 Å². The van der Waals surface area contributed by atoms with E-state index in [0.29, 0.717) is 11.4 Å². The van der Waals surface area contributed by atoms with Gasteiger partial charge in [0.15, 0.2) is 5.69 Å². The Balaban J connectivity index is 1.42. The summed E-state index contributed by atoms with van der Waals surface area (Å²) >= 11 is 0.